The molecule has 2 aromatic rings. The standard InChI is InChI=1S/C11H15N3S/c1-6(2)8-9-11(13-5-12-8)15-10(14-9)7(3)4/h5-7H,1-4H3. The van der Waals surface area contributed by atoms with Crippen molar-refractivity contribution in [1.29, 1.82) is 0 Å². The van der Waals surface area contributed by atoms with E-state index in [4.69, 9.17) is 0 Å². The Hall–Kier alpha value is -1.03. The van der Waals surface area contributed by atoms with E-state index < -0.39 is 0 Å². The van der Waals surface area contributed by atoms with E-state index in [1.807, 2.05) is 0 Å². The number of aromatic nitrogens is 3. The molecule has 2 heterocycles. The Morgan fingerprint density at radius 1 is 1.07 bits per heavy atom. The van der Waals surface area contributed by atoms with Crippen LogP contribution in [0.25, 0.3) is 10.3 Å². The van der Waals surface area contributed by atoms with Crippen LogP contribution in [0, 0.1) is 0 Å². The van der Waals surface area contributed by atoms with Gasteiger partial charge in [-0.15, -0.1) is 0 Å². The number of hydrogen-bond donors (Lipinski definition) is 0. The number of fused-ring (bicyclic) bond motifs is 1. The molecule has 0 atom stereocenters. The molecule has 0 bridgehead atoms. The Labute approximate surface area is 93.6 Å². The zero-order chi connectivity index (χ0) is 11.0. The molecule has 4 heteroatoms. The lowest BCUT2D eigenvalue weighted by Gasteiger charge is -2.02. The monoisotopic (exact) mass is 221 g/mol. The first-order valence-corrected chi connectivity index (χ1v) is 6.02. The Morgan fingerprint density at radius 2 is 1.80 bits per heavy atom. The van der Waals surface area contributed by atoms with E-state index in [9.17, 15) is 0 Å². The van der Waals surface area contributed by atoms with E-state index in [1.54, 1.807) is 17.7 Å². The maximum Gasteiger partial charge on any atom is 0.147 e. The third-order valence-corrected chi connectivity index (χ3v) is 3.54. The van der Waals surface area contributed by atoms with E-state index in [1.165, 1.54) is 0 Å². The first kappa shape index (κ1) is 10.5. The van der Waals surface area contributed by atoms with Crippen LogP contribution in [-0.4, -0.2) is 15.0 Å². The minimum Gasteiger partial charge on any atom is -0.239 e. The summed E-state index contributed by atoms with van der Waals surface area (Å²) < 4.78 is 0. The second-order valence-electron chi connectivity index (χ2n) is 4.27. The van der Waals surface area contributed by atoms with Crippen molar-refractivity contribution in [1.82, 2.24) is 15.0 Å². The van der Waals surface area contributed by atoms with Gasteiger partial charge >= 0.3 is 0 Å². The van der Waals surface area contributed by atoms with Crippen molar-refractivity contribution in [3.05, 3.63) is 17.0 Å². The molecule has 2 aromatic heterocycles. The minimum absolute atomic E-state index is 0.401. The molecule has 0 fully saturated rings. The highest BCUT2D eigenvalue weighted by atomic mass is 32.1. The maximum absolute atomic E-state index is 4.63. The largest absolute Gasteiger partial charge is 0.239 e. The SMILES string of the molecule is CC(C)c1nc2c(C(C)C)ncnc2s1. The molecule has 0 saturated heterocycles. The molecule has 2 rings (SSSR count). The van der Waals surface area contributed by atoms with Crippen LogP contribution in [0.15, 0.2) is 6.33 Å². The van der Waals surface area contributed by atoms with Crippen molar-refractivity contribution < 1.29 is 0 Å². The maximum atomic E-state index is 4.63. The van der Waals surface area contributed by atoms with Crippen LogP contribution in [0.5, 0.6) is 0 Å². The predicted molar refractivity (Wildman–Crippen MR) is 63.4 cm³/mol. The van der Waals surface area contributed by atoms with Gasteiger partial charge in [0.25, 0.3) is 0 Å². The lowest BCUT2D eigenvalue weighted by molar-refractivity contribution is 0.819. The number of hydrogen-bond acceptors (Lipinski definition) is 4. The van der Waals surface area contributed by atoms with Gasteiger partial charge in [0.05, 0.1) is 10.7 Å². The molecule has 0 amide bonds. The van der Waals surface area contributed by atoms with Gasteiger partial charge in [-0.2, -0.15) is 0 Å². The Balaban J connectivity index is 2.64. The Kier molecular flexibility index (Phi) is 2.69. The summed E-state index contributed by atoms with van der Waals surface area (Å²) in [6.45, 7) is 8.58. The van der Waals surface area contributed by atoms with E-state index in [2.05, 4.69) is 42.6 Å². The van der Waals surface area contributed by atoms with Gasteiger partial charge in [-0.25, -0.2) is 15.0 Å². The Bertz CT molecular complexity index is 474. The van der Waals surface area contributed by atoms with Crippen molar-refractivity contribution in [2.75, 3.05) is 0 Å². The van der Waals surface area contributed by atoms with Crippen LogP contribution in [0.4, 0.5) is 0 Å². The number of thiazole rings is 1. The van der Waals surface area contributed by atoms with Gasteiger partial charge in [0, 0.05) is 5.92 Å². The van der Waals surface area contributed by atoms with Gasteiger partial charge < -0.3 is 0 Å². The zero-order valence-electron chi connectivity index (χ0n) is 9.48. The Morgan fingerprint density at radius 3 is 2.40 bits per heavy atom. The average Bonchev–Trinajstić information content (AvgIpc) is 2.60. The van der Waals surface area contributed by atoms with Crippen molar-refractivity contribution in [3.63, 3.8) is 0 Å². The molecule has 0 spiro atoms. The quantitative estimate of drug-likeness (QED) is 0.780. The van der Waals surface area contributed by atoms with Crippen LogP contribution >= 0.6 is 11.3 Å². The van der Waals surface area contributed by atoms with Crippen molar-refractivity contribution in [2.24, 2.45) is 0 Å². The van der Waals surface area contributed by atoms with E-state index in [0.717, 1.165) is 21.0 Å². The normalized spacial score (nSPS) is 11.9. The third kappa shape index (κ3) is 1.86. The second kappa shape index (κ2) is 3.85. The summed E-state index contributed by atoms with van der Waals surface area (Å²) in [7, 11) is 0. The highest BCUT2D eigenvalue weighted by Crippen LogP contribution is 2.29. The van der Waals surface area contributed by atoms with Crippen LogP contribution in [0.1, 0.15) is 50.2 Å². The molecule has 0 radical (unpaired) electrons. The summed E-state index contributed by atoms with van der Waals surface area (Å²) in [5, 5.41) is 1.15. The van der Waals surface area contributed by atoms with Gasteiger partial charge in [-0.05, 0) is 5.92 Å². The summed E-state index contributed by atoms with van der Waals surface area (Å²) in [6.07, 6.45) is 1.64. The fourth-order valence-corrected chi connectivity index (χ4v) is 2.37. The van der Waals surface area contributed by atoms with Gasteiger partial charge in [-0.3, -0.25) is 0 Å². The minimum atomic E-state index is 0.401. The summed E-state index contributed by atoms with van der Waals surface area (Å²) in [5.74, 6) is 0.863. The van der Waals surface area contributed by atoms with Gasteiger partial charge in [0.15, 0.2) is 0 Å². The van der Waals surface area contributed by atoms with Gasteiger partial charge in [0.2, 0.25) is 0 Å². The van der Waals surface area contributed by atoms with E-state index >= 15 is 0 Å². The highest BCUT2D eigenvalue weighted by molar-refractivity contribution is 7.18. The van der Waals surface area contributed by atoms with Crippen molar-refractivity contribution >= 4 is 21.7 Å². The lowest BCUT2D eigenvalue weighted by Crippen LogP contribution is -1.95. The molecule has 80 valence electrons. The molecular weight excluding hydrogens is 206 g/mol. The van der Waals surface area contributed by atoms with Gasteiger partial charge in [0.1, 0.15) is 16.7 Å². The van der Waals surface area contributed by atoms with E-state index in [-0.39, 0.29) is 0 Å². The van der Waals surface area contributed by atoms with E-state index in [0.29, 0.717) is 11.8 Å². The van der Waals surface area contributed by atoms with Gasteiger partial charge in [-0.1, -0.05) is 39.0 Å². The van der Waals surface area contributed by atoms with Crippen LogP contribution < -0.4 is 0 Å². The number of rotatable bonds is 2. The molecular formula is C11H15N3S. The summed E-state index contributed by atoms with van der Waals surface area (Å²) >= 11 is 1.67. The fourth-order valence-electron chi connectivity index (χ4n) is 1.46. The molecule has 0 aromatic carbocycles. The lowest BCUT2D eigenvalue weighted by atomic mass is 10.1. The smallest absolute Gasteiger partial charge is 0.147 e. The number of nitrogens with zero attached hydrogens (tertiary/aromatic N) is 3. The summed E-state index contributed by atoms with van der Waals surface area (Å²) in [6, 6.07) is 0. The first-order chi connectivity index (χ1) is 7.09. The fraction of sp³-hybridized carbons (Fsp3) is 0.545. The zero-order valence-corrected chi connectivity index (χ0v) is 10.3. The summed E-state index contributed by atoms with van der Waals surface area (Å²) in [5.41, 5.74) is 2.05. The van der Waals surface area contributed by atoms with Crippen molar-refractivity contribution in [2.45, 2.75) is 39.5 Å². The topological polar surface area (TPSA) is 38.7 Å². The average molecular weight is 221 g/mol. The predicted octanol–water partition coefficient (Wildman–Crippen LogP) is 3.33. The molecule has 3 nitrogen and oxygen atoms in total. The van der Waals surface area contributed by atoms with Crippen LogP contribution in [0.2, 0.25) is 0 Å². The molecule has 0 aliphatic heterocycles. The molecule has 15 heavy (non-hydrogen) atoms. The second-order valence-corrected chi connectivity index (χ2v) is 5.28. The van der Waals surface area contributed by atoms with Crippen molar-refractivity contribution in [3.8, 4) is 0 Å². The molecule has 0 N–H and O–H groups in total. The molecule has 0 unspecified atom stereocenters. The molecule has 0 aliphatic rings. The van der Waals surface area contributed by atoms with Crippen LogP contribution in [0.3, 0.4) is 0 Å². The molecule has 0 saturated carbocycles. The third-order valence-electron chi connectivity index (χ3n) is 2.28. The van der Waals surface area contributed by atoms with Crippen LogP contribution in [-0.2, 0) is 0 Å². The first-order valence-electron chi connectivity index (χ1n) is 5.21. The molecule has 0 aliphatic carbocycles. The summed E-state index contributed by atoms with van der Waals surface area (Å²) in [4.78, 5) is 14.2. The highest BCUT2D eigenvalue weighted by Gasteiger charge is 2.14.